The number of nitrogens with two attached hydrogens (primary N) is 1. The van der Waals surface area contributed by atoms with Gasteiger partial charge in [-0.2, -0.15) is 0 Å². The predicted octanol–water partition coefficient (Wildman–Crippen LogP) is 1.59. The van der Waals surface area contributed by atoms with E-state index in [4.69, 9.17) is 10.5 Å². The van der Waals surface area contributed by atoms with E-state index in [9.17, 15) is 4.39 Å². The second-order valence-electron chi connectivity index (χ2n) is 3.44. The molecule has 0 aromatic heterocycles. The highest BCUT2D eigenvalue weighted by atomic mass is 19.1. The molecule has 3 heteroatoms. The zero-order chi connectivity index (χ0) is 9.47. The Morgan fingerprint density at radius 3 is 2.38 bits per heavy atom. The molecule has 0 bridgehead atoms. The zero-order valence-corrected chi connectivity index (χ0v) is 7.46. The summed E-state index contributed by atoms with van der Waals surface area (Å²) in [4.78, 5) is 0. The number of benzene rings is 1. The average Bonchev–Trinajstić information content (AvgIpc) is 2.76. The number of alkyl halides is 1. The van der Waals surface area contributed by atoms with Crippen molar-refractivity contribution in [3.05, 3.63) is 29.8 Å². The van der Waals surface area contributed by atoms with Crippen LogP contribution in [0.3, 0.4) is 0 Å². The Morgan fingerprint density at radius 1 is 1.46 bits per heavy atom. The normalized spacial score (nSPS) is 31.5. The second kappa shape index (κ2) is 2.70. The summed E-state index contributed by atoms with van der Waals surface area (Å²) < 4.78 is 17.9. The van der Waals surface area contributed by atoms with E-state index in [0.717, 1.165) is 11.3 Å². The molecule has 0 unspecified atom stereocenters. The summed E-state index contributed by atoms with van der Waals surface area (Å²) in [6.07, 6.45) is -0.458. The lowest BCUT2D eigenvalue weighted by molar-refractivity contribution is 0.412. The van der Waals surface area contributed by atoms with Crippen LogP contribution < -0.4 is 10.5 Å². The van der Waals surface area contributed by atoms with Gasteiger partial charge in [-0.1, -0.05) is 12.1 Å². The number of hydrogen-bond donors (Lipinski definition) is 1. The summed E-state index contributed by atoms with van der Waals surface area (Å²) >= 11 is 0. The van der Waals surface area contributed by atoms with Crippen LogP contribution >= 0.6 is 0 Å². The largest absolute Gasteiger partial charge is 0.497 e. The number of halogens is 1. The molecule has 0 spiro atoms. The third-order valence-corrected chi connectivity index (χ3v) is 2.54. The molecule has 1 aromatic rings. The maximum absolute atomic E-state index is 12.9. The Morgan fingerprint density at radius 2 is 2.00 bits per heavy atom. The maximum Gasteiger partial charge on any atom is 0.124 e. The molecular formula is C10H12FNO. The quantitative estimate of drug-likeness (QED) is 0.752. The summed E-state index contributed by atoms with van der Waals surface area (Å²) in [6, 6.07) is 7.24. The Hall–Kier alpha value is -1.09. The molecule has 13 heavy (non-hydrogen) atoms. The lowest BCUT2D eigenvalue weighted by Gasteiger charge is -2.09. The SMILES string of the molecule is COc1ccc([C@]2(N)C[C@@H]2F)cc1. The van der Waals surface area contributed by atoms with Crippen molar-refractivity contribution in [1.29, 1.82) is 0 Å². The third-order valence-electron chi connectivity index (χ3n) is 2.54. The highest BCUT2D eigenvalue weighted by Crippen LogP contribution is 2.45. The Bertz CT molecular complexity index is 311. The third kappa shape index (κ3) is 1.29. The van der Waals surface area contributed by atoms with Crippen molar-refractivity contribution in [2.24, 2.45) is 5.73 Å². The van der Waals surface area contributed by atoms with Crippen LogP contribution in [0.25, 0.3) is 0 Å². The fourth-order valence-corrected chi connectivity index (χ4v) is 1.44. The van der Waals surface area contributed by atoms with Crippen molar-refractivity contribution in [3.8, 4) is 5.75 Å². The lowest BCUT2D eigenvalue weighted by atomic mass is 10.1. The Balaban J connectivity index is 2.24. The lowest BCUT2D eigenvalue weighted by Crippen LogP contribution is -2.22. The highest BCUT2D eigenvalue weighted by Gasteiger charge is 2.53. The van der Waals surface area contributed by atoms with Crippen LogP contribution in [0.5, 0.6) is 5.75 Å². The van der Waals surface area contributed by atoms with E-state index in [0.29, 0.717) is 6.42 Å². The first-order valence-electron chi connectivity index (χ1n) is 4.24. The summed E-state index contributed by atoms with van der Waals surface area (Å²) in [7, 11) is 1.60. The molecule has 0 saturated heterocycles. The summed E-state index contributed by atoms with van der Waals surface area (Å²) in [5, 5.41) is 0. The van der Waals surface area contributed by atoms with E-state index < -0.39 is 11.7 Å². The van der Waals surface area contributed by atoms with Gasteiger partial charge >= 0.3 is 0 Å². The van der Waals surface area contributed by atoms with E-state index in [2.05, 4.69) is 0 Å². The van der Waals surface area contributed by atoms with Crippen molar-refractivity contribution in [3.63, 3.8) is 0 Å². The van der Waals surface area contributed by atoms with Gasteiger partial charge in [0.05, 0.1) is 12.6 Å². The van der Waals surface area contributed by atoms with Crippen molar-refractivity contribution in [2.75, 3.05) is 7.11 Å². The second-order valence-corrected chi connectivity index (χ2v) is 3.44. The van der Waals surface area contributed by atoms with Crippen molar-refractivity contribution < 1.29 is 9.13 Å². The molecule has 1 saturated carbocycles. The van der Waals surface area contributed by atoms with Crippen LogP contribution in [-0.4, -0.2) is 13.3 Å². The molecule has 2 rings (SSSR count). The van der Waals surface area contributed by atoms with Gasteiger partial charge in [-0.05, 0) is 17.7 Å². The summed E-state index contributed by atoms with van der Waals surface area (Å²) in [5.41, 5.74) is 5.91. The molecule has 1 aromatic carbocycles. The minimum Gasteiger partial charge on any atom is -0.497 e. The molecule has 2 N–H and O–H groups in total. The standard InChI is InChI=1S/C10H12FNO/c1-13-8-4-2-7(3-5-8)10(12)6-9(10)11/h2-5,9H,6,12H2,1H3/t9-,10+/m0/s1. The minimum atomic E-state index is -0.888. The van der Waals surface area contributed by atoms with Gasteiger partial charge < -0.3 is 10.5 Å². The van der Waals surface area contributed by atoms with Crippen LogP contribution in [-0.2, 0) is 5.54 Å². The van der Waals surface area contributed by atoms with Gasteiger partial charge in [0.15, 0.2) is 0 Å². The molecule has 2 atom stereocenters. The molecule has 2 nitrogen and oxygen atoms in total. The fraction of sp³-hybridized carbons (Fsp3) is 0.400. The molecule has 0 heterocycles. The summed E-state index contributed by atoms with van der Waals surface area (Å²) in [6.45, 7) is 0. The van der Waals surface area contributed by atoms with Crippen LogP contribution in [0.2, 0.25) is 0 Å². The minimum absolute atomic E-state index is 0.430. The first kappa shape index (κ1) is 8.51. The van der Waals surface area contributed by atoms with Gasteiger partial charge in [0.1, 0.15) is 11.9 Å². The molecule has 70 valence electrons. The molecular weight excluding hydrogens is 169 g/mol. The number of methoxy groups -OCH3 is 1. The Labute approximate surface area is 76.5 Å². The molecule has 0 aliphatic heterocycles. The van der Waals surface area contributed by atoms with Crippen LogP contribution in [0.15, 0.2) is 24.3 Å². The smallest absolute Gasteiger partial charge is 0.124 e. The van der Waals surface area contributed by atoms with Gasteiger partial charge in [0, 0.05) is 6.42 Å². The van der Waals surface area contributed by atoms with Gasteiger partial charge in [-0.25, -0.2) is 4.39 Å². The fourth-order valence-electron chi connectivity index (χ4n) is 1.44. The van der Waals surface area contributed by atoms with E-state index in [1.165, 1.54) is 0 Å². The van der Waals surface area contributed by atoms with Gasteiger partial charge in [-0.15, -0.1) is 0 Å². The first-order valence-corrected chi connectivity index (χ1v) is 4.24. The van der Waals surface area contributed by atoms with Crippen molar-refractivity contribution >= 4 is 0 Å². The number of rotatable bonds is 2. The van der Waals surface area contributed by atoms with E-state index in [1.807, 2.05) is 12.1 Å². The molecule has 1 aliphatic carbocycles. The molecule has 0 radical (unpaired) electrons. The number of hydrogen-bond acceptors (Lipinski definition) is 2. The monoisotopic (exact) mass is 181 g/mol. The maximum atomic E-state index is 12.9. The molecule has 1 aliphatic rings. The van der Waals surface area contributed by atoms with Crippen LogP contribution in [0, 0.1) is 0 Å². The molecule has 1 fully saturated rings. The zero-order valence-electron chi connectivity index (χ0n) is 7.46. The molecule has 0 amide bonds. The van der Waals surface area contributed by atoms with E-state index >= 15 is 0 Å². The first-order chi connectivity index (χ1) is 6.16. The van der Waals surface area contributed by atoms with Gasteiger partial charge in [0.2, 0.25) is 0 Å². The average molecular weight is 181 g/mol. The predicted molar refractivity (Wildman–Crippen MR) is 48.4 cm³/mol. The topological polar surface area (TPSA) is 35.2 Å². The van der Waals surface area contributed by atoms with Crippen LogP contribution in [0.1, 0.15) is 12.0 Å². The van der Waals surface area contributed by atoms with E-state index in [1.54, 1.807) is 19.2 Å². The van der Waals surface area contributed by atoms with Crippen molar-refractivity contribution in [1.82, 2.24) is 0 Å². The highest BCUT2D eigenvalue weighted by molar-refractivity contribution is 5.37. The van der Waals surface area contributed by atoms with Gasteiger partial charge in [-0.3, -0.25) is 0 Å². The van der Waals surface area contributed by atoms with E-state index in [-0.39, 0.29) is 0 Å². The van der Waals surface area contributed by atoms with Crippen molar-refractivity contribution in [2.45, 2.75) is 18.1 Å². The van der Waals surface area contributed by atoms with Gasteiger partial charge in [0.25, 0.3) is 0 Å². The Kier molecular flexibility index (Phi) is 1.77. The van der Waals surface area contributed by atoms with Crippen LogP contribution in [0.4, 0.5) is 4.39 Å². The number of ether oxygens (including phenoxy) is 1. The summed E-state index contributed by atoms with van der Waals surface area (Å²) in [5.74, 6) is 0.767.